The lowest BCUT2D eigenvalue weighted by Crippen LogP contribution is -2.21. The van der Waals surface area contributed by atoms with Crippen LogP contribution >= 0.6 is 0 Å². The average molecular weight is 255 g/mol. The highest BCUT2D eigenvalue weighted by molar-refractivity contribution is 5.39. The fourth-order valence-electron chi connectivity index (χ4n) is 2.63. The molecule has 0 radical (unpaired) electrons. The van der Waals surface area contributed by atoms with Gasteiger partial charge in [-0.15, -0.1) is 0 Å². The van der Waals surface area contributed by atoms with E-state index >= 15 is 0 Å². The summed E-state index contributed by atoms with van der Waals surface area (Å²) in [5, 5.41) is 0. The molecule has 1 saturated carbocycles. The minimum absolute atomic E-state index is 0.0852. The Balaban J connectivity index is 1.92. The van der Waals surface area contributed by atoms with Crippen LogP contribution in [0.3, 0.4) is 0 Å². The summed E-state index contributed by atoms with van der Waals surface area (Å²) in [6, 6.07) is 9.99. The Morgan fingerprint density at radius 1 is 1.32 bits per heavy atom. The van der Waals surface area contributed by atoms with Gasteiger partial charge in [-0.25, -0.2) is 4.98 Å². The first kappa shape index (κ1) is 12.0. The fraction of sp³-hybridized carbons (Fsp3) is 0.333. The molecule has 2 aromatic rings. The van der Waals surface area contributed by atoms with Crippen molar-refractivity contribution in [2.75, 3.05) is 5.73 Å². The van der Waals surface area contributed by atoms with Crippen molar-refractivity contribution in [2.45, 2.75) is 25.2 Å². The second kappa shape index (κ2) is 4.23. The van der Waals surface area contributed by atoms with Crippen molar-refractivity contribution in [3.63, 3.8) is 0 Å². The molecule has 0 unspecified atom stereocenters. The van der Waals surface area contributed by atoms with Crippen molar-refractivity contribution in [1.82, 2.24) is 9.55 Å². The second-order valence-corrected chi connectivity index (χ2v) is 5.24. The molecular formula is C15H17N3O. The molecule has 1 fully saturated rings. The Labute approximate surface area is 111 Å². The average Bonchev–Trinajstić information content (AvgIpc) is 3.16. The number of rotatable bonds is 2. The minimum atomic E-state index is -0.0852. The molecule has 1 aliphatic rings. The summed E-state index contributed by atoms with van der Waals surface area (Å²) in [6.07, 6.45) is 1.05. The summed E-state index contributed by atoms with van der Waals surface area (Å²) in [5.41, 5.74) is 9.15. The first-order chi connectivity index (χ1) is 9.08. The van der Waals surface area contributed by atoms with Crippen LogP contribution in [0.2, 0.25) is 0 Å². The summed E-state index contributed by atoms with van der Waals surface area (Å²) >= 11 is 0. The van der Waals surface area contributed by atoms with Gasteiger partial charge in [-0.1, -0.05) is 24.3 Å². The van der Waals surface area contributed by atoms with E-state index in [1.807, 2.05) is 6.07 Å². The van der Waals surface area contributed by atoms with Crippen molar-refractivity contribution in [3.8, 4) is 0 Å². The van der Waals surface area contributed by atoms with Crippen LogP contribution in [-0.2, 0) is 7.05 Å². The molecule has 0 amide bonds. The monoisotopic (exact) mass is 255 g/mol. The molecule has 98 valence electrons. The van der Waals surface area contributed by atoms with Crippen molar-refractivity contribution in [3.05, 3.63) is 57.5 Å². The summed E-state index contributed by atoms with van der Waals surface area (Å²) < 4.78 is 1.37. The molecule has 1 aromatic carbocycles. The van der Waals surface area contributed by atoms with Crippen LogP contribution in [0.15, 0.2) is 35.1 Å². The highest BCUT2D eigenvalue weighted by atomic mass is 16.1. The number of benzene rings is 1. The van der Waals surface area contributed by atoms with Gasteiger partial charge < -0.3 is 5.73 Å². The predicted molar refractivity (Wildman–Crippen MR) is 75.2 cm³/mol. The van der Waals surface area contributed by atoms with Gasteiger partial charge in [0.15, 0.2) is 0 Å². The van der Waals surface area contributed by atoms with Crippen LogP contribution in [0, 0.1) is 6.92 Å². The van der Waals surface area contributed by atoms with Gasteiger partial charge in [0, 0.05) is 19.0 Å². The third kappa shape index (κ3) is 2.03. The maximum Gasteiger partial charge on any atom is 0.254 e. The zero-order valence-electron chi connectivity index (χ0n) is 11.1. The molecule has 2 N–H and O–H groups in total. The fourth-order valence-corrected chi connectivity index (χ4v) is 2.63. The normalized spacial score (nSPS) is 21.4. The van der Waals surface area contributed by atoms with E-state index in [-0.39, 0.29) is 11.5 Å². The van der Waals surface area contributed by atoms with E-state index in [2.05, 4.69) is 30.1 Å². The van der Waals surface area contributed by atoms with Gasteiger partial charge in [-0.3, -0.25) is 9.36 Å². The van der Waals surface area contributed by atoms with E-state index in [0.717, 1.165) is 12.1 Å². The Morgan fingerprint density at radius 2 is 2.05 bits per heavy atom. The zero-order valence-corrected chi connectivity index (χ0v) is 11.1. The van der Waals surface area contributed by atoms with E-state index in [0.29, 0.717) is 11.8 Å². The van der Waals surface area contributed by atoms with Crippen LogP contribution in [0.1, 0.15) is 35.1 Å². The van der Waals surface area contributed by atoms with Crippen molar-refractivity contribution in [2.24, 2.45) is 7.05 Å². The number of hydrogen-bond donors (Lipinski definition) is 1. The lowest BCUT2D eigenvalue weighted by atomic mass is 10.0. The van der Waals surface area contributed by atoms with Gasteiger partial charge in [0.25, 0.3) is 5.56 Å². The van der Waals surface area contributed by atoms with Gasteiger partial charge in [0.05, 0.1) is 5.69 Å². The molecule has 0 aliphatic heterocycles. The van der Waals surface area contributed by atoms with E-state index in [1.54, 1.807) is 13.1 Å². The van der Waals surface area contributed by atoms with Crippen molar-refractivity contribution < 1.29 is 0 Å². The first-order valence-corrected chi connectivity index (χ1v) is 6.47. The number of aryl methyl sites for hydroxylation is 1. The number of aromatic nitrogens is 2. The molecule has 0 bridgehead atoms. The molecule has 4 heteroatoms. The molecule has 4 nitrogen and oxygen atoms in total. The maximum atomic E-state index is 11.7. The molecule has 3 rings (SSSR count). The second-order valence-electron chi connectivity index (χ2n) is 5.24. The predicted octanol–water partition coefficient (Wildman–Crippen LogP) is 1.94. The van der Waals surface area contributed by atoms with E-state index in [1.165, 1.54) is 15.7 Å². The summed E-state index contributed by atoms with van der Waals surface area (Å²) in [4.78, 5) is 16.1. The number of hydrogen-bond acceptors (Lipinski definition) is 3. The molecule has 1 aliphatic carbocycles. The standard InChI is InChI=1S/C15H17N3O/c1-9-5-3-4-6-10(9)11-7-12(11)13-8-14(19)18(2)15(16)17-13/h3-6,8,11-12H,7H2,1-2H3,(H2,16,17)/t11-,12-/m0/s1. The highest BCUT2D eigenvalue weighted by Crippen LogP contribution is 2.54. The lowest BCUT2D eigenvalue weighted by Gasteiger charge is -2.06. The van der Waals surface area contributed by atoms with Gasteiger partial charge in [0.1, 0.15) is 0 Å². The summed E-state index contributed by atoms with van der Waals surface area (Å²) in [7, 11) is 1.64. The molecular weight excluding hydrogens is 238 g/mol. The van der Waals surface area contributed by atoms with E-state index in [4.69, 9.17) is 5.73 Å². The smallest absolute Gasteiger partial charge is 0.254 e. The van der Waals surface area contributed by atoms with Crippen LogP contribution in [0.4, 0.5) is 5.95 Å². The number of nitrogen functional groups attached to an aromatic ring is 1. The minimum Gasteiger partial charge on any atom is -0.369 e. The Kier molecular flexibility index (Phi) is 2.66. The molecule has 2 atom stereocenters. The van der Waals surface area contributed by atoms with Crippen LogP contribution in [0.25, 0.3) is 0 Å². The van der Waals surface area contributed by atoms with E-state index in [9.17, 15) is 4.79 Å². The van der Waals surface area contributed by atoms with Gasteiger partial charge in [-0.2, -0.15) is 0 Å². The van der Waals surface area contributed by atoms with E-state index < -0.39 is 0 Å². The Morgan fingerprint density at radius 3 is 2.74 bits per heavy atom. The highest BCUT2D eigenvalue weighted by Gasteiger charge is 2.41. The summed E-state index contributed by atoms with van der Waals surface area (Å²) in [6.45, 7) is 2.12. The number of nitrogens with two attached hydrogens (primary N) is 1. The van der Waals surface area contributed by atoms with Crippen LogP contribution in [-0.4, -0.2) is 9.55 Å². The quantitative estimate of drug-likeness (QED) is 0.892. The Hall–Kier alpha value is -2.10. The Bertz CT molecular complexity index is 690. The molecule has 0 saturated heterocycles. The number of nitrogens with zero attached hydrogens (tertiary/aromatic N) is 2. The lowest BCUT2D eigenvalue weighted by molar-refractivity contribution is 0.813. The van der Waals surface area contributed by atoms with Crippen LogP contribution in [0.5, 0.6) is 0 Å². The third-order valence-electron chi connectivity index (χ3n) is 3.95. The SMILES string of the molecule is Cc1ccccc1[C@@H]1C[C@@H]1c1cc(=O)n(C)c(N)n1. The maximum absolute atomic E-state index is 11.7. The molecule has 0 spiro atoms. The van der Waals surface area contributed by atoms with Crippen molar-refractivity contribution in [1.29, 1.82) is 0 Å². The summed E-state index contributed by atoms with van der Waals surface area (Å²) in [5.74, 6) is 1.09. The largest absolute Gasteiger partial charge is 0.369 e. The number of anilines is 1. The topological polar surface area (TPSA) is 60.9 Å². The third-order valence-corrected chi connectivity index (χ3v) is 3.95. The molecule has 19 heavy (non-hydrogen) atoms. The van der Waals surface area contributed by atoms with Gasteiger partial charge in [0.2, 0.25) is 5.95 Å². The molecule has 1 heterocycles. The van der Waals surface area contributed by atoms with Gasteiger partial charge in [-0.05, 0) is 30.4 Å². The zero-order chi connectivity index (χ0) is 13.6. The van der Waals surface area contributed by atoms with Crippen LogP contribution < -0.4 is 11.3 Å². The molecule has 1 aromatic heterocycles. The van der Waals surface area contributed by atoms with Crippen molar-refractivity contribution >= 4 is 5.95 Å². The van der Waals surface area contributed by atoms with Gasteiger partial charge >= 0.3 is 0 Å². The first-order valence-electron chi connectivity index (χ1n) is 6.47.